The van der Waals surface area contributed by atoms with Crippen LogP contribution in [0.15, 0.2) is 63.6 Å². The highest BCUT2D eigenvalue weighted by atomic mass is 35.5. The molecule has 1 unspecified atom stereocenters. The SMILES string of the molecule is CSc1nc(N)nc(N[C@@H](C)C(=O)Cc2cccc(C(F)(F)F)c2)c1C#N.CSc1nc(N)nc(S(C)=O)c1C#N.C[C@H](N)C(=O)Cc1cccc(C(F)(F)F)c1.Cl. The zero-order valence-electron chi connectivity index (χ0n) is 31.2. The predicted molar refractivity (Wildman–Crippen MR) is 213 cm³/mol. The van der Waals surface area contributed by atoms with Crippen LogP contribution in [0.3, 0.4) is 0 Å². The molecule has 23 heteroatoms. The molecule has 0 radical (unpaired) electrons. The van der Waals surface area contributed by atoms with Crippen molar-refractivity contribution in [2.45, 2.75) is 66.2 Å². The summed E-state index contributed by atoms with van der Waals surface area (Å²) < 4.78 is 86.7. The third-order valence-corrected chi connectivity index (χ3v) is 9.45. The molecule has 2 aromatic carbocycles. The fourth-order valence-electron chi connectivity index (χ4n) is 4.41. The Morgan fingerprint density at radius 1 is 0.793 bits per heavy atom. The molecule has 0 fully saturated rings. The van der Waals surface area contributed by atoms with Crippen molar-refractivity contribution in [2.24, 2.45) is 5.73 Å². The number of aromatic nitrogens is 4. The number of anilines is 3. The fourth-order valence-corrected chi connectivity index (χ4v) is 6.19. The molecular weight excluding hydrogens is 854 g/mol. The third-order valence-electron chi connectivity index (χ3n) is 7.25. The van der Waals surface area contributed by atoms with E-state index in [1.165, 1.54) is 67.9 Å². The maximum atomic E-state index is 12.8. The average Bonchev–Trinajstić information content (AvgIpc) is 3.14. The minimum absolute atomic E-state index is 0. The predicted octanol–water partition coefficient (Wildman–Crippen LogP) is 6.26. The van der Waals surface area contributed by atoms with Gasteiger partial charge in [-0.2, -0.15) is 41.9 Å². The van der Waals surface area contributed by atoms with Gasteiger partial charge in [0.2, 0.25) is 11.9 Å². The summed E-state index contributed by atoms with van der Waals surface area (Å²) in [5, 5.41) is 22.0. The van der Waals surface area contributed by atoms with Gasteiger partial charge in [-0.25, -0.2) is 15.0 Å². The van der Waals surface area contributed by atoms with Crippen LogP contribution in [-0.2, 0) is 45.6 Å². The van der Waals surface area contributed by atoms with Crippen molar-refractivity contribution in [2.75, 3.05) is 35.6 Å². The van der Waals surface area contributed by atoms with Crippen molar-refractivity contribution in [3.05, 3.63) is 81.9 Å². The van der Waals surface area contributed by atoms with Crippen LogP contribution >= 0.6 is 35.9 Å². The summed E-state index contributed by atoms with van der Waals surface area (Å²) in [4.78, 5) is 39.2. The Morgan fingerprint density at radius 2 is 1.22 bits per heavy atom. The maximum Gasteiger partial charge on any atom is 0.416 e. The number of nitrogen functional groups attached to an aromatic ring is 2. The van der Waals surface area contributed by atoms with Gasteiger partial charge in [0.15, 0.2) is 22.4 Å². The molecule has 0 bridgehead atoms. The normalized spacial score (nSPS) is 12.4. The van der Waals surface area contributed by atoms with Gasteiger partial charge in [-0.3, -0.25) is 13.8 Å². The van der Waals surface area contributed by atoms with Gasteiger partial charge in [0.25, 0.3) is 0 Å². The highest BCUT2D eigenvalue weighted by molar-refractivity contribution is 7.98. The first kappa shape index (κ1) is 51.0. The Bertz CT molecular complexity index is 2180. The van der Waals surface area contributed by atoms with Crippen molar-refractivity contribution in [1.29, 1.82) is 10.5 Å². The quantitative estimate of drug-likeness (QED) is 0.0738. The van der Waals surface area contributed by atoms with Gasteiger partial charge in [-0.1, -0.05) is 36.4 Å². The van der Waals surface area contributed by atoms with Crippen molar-refractivity contribution in [3.63, 3.8) is 0 Å². The second kappa shape index (κ2) is 22.8. The fraction of sp³-hybridized carbons (Fsp3) is 0.314. The molecule has 4 aromatic rings. The molecule has 3 atom stereocenters. The van der Waals surface area contributed by atoms with E-state index in [-0.39, 0.29) is 76.2 Å². The van der Waals surface area contributed by atoms with E-state index in [9.17, 15) is 45.4 Å². The summed E-state index contributed by atoms with van der Waals surface area (Å²) in [7, 11) is -1.33. The summed E-state index contributed by atoms with van der Waals surface area (Å²) in [6, 6.07) is 11.7. The Morgan fingerprint density at radius 3 is 1.62 bits per heavy atom. The molecule has 0 saturated heterocycles. The van der Waals surface area contributed by atoms with Crippen LogP contribution in [0.4, 0.5) is 44.1 Å². The minimum atomic E-state index is -4.47. The molecule has 4 rings (SSSR count). The lowest BCUT2D eigenvalue weighted by molar-refractivity contribution is -0.138. The third kappa shape index (κ3) is 15.4. The summed E-state index contributed by atoms with van der Waals surface area (Å²) in [5.41, 5.74) is 15.8. The standard InChI is InChI=1S/C17H16F3N5OS.C11H12F3NO.C7H8N4OS2.ClH/c1-9(23-14-12(8-21)15(27-2)25-16(22)24-14)13(26)7-10-4-3-5-11(6-10)17(18,19)20;1-7(15)10(16)6-8-3-2-4-9(5-8)11(12,13)14;1-13-5-4(3-8)6(14(2)12)11-7(9)10-5;/h3-6,9H,7H2,1-2H3,(H3,22,23,24,25);2-5,7H,6,15H2,1H3;1-2H3,(H2,9,10,11);1H/t9-;7-;;/m00../s1. The van der Waals surface area contributed by atoms with Crippen molar-refractivity contribution < 1.29 is 40.1 Å². The van der Waals surface area contributed by atoms with E-state index in [2.05, 4.69) is 25.3 Å². The molecule has 2 heterocycles. The number of benzene rings is 2. The molecule has 58 heavy (non-hydrogen) atoms. The van der Waals surface area contributed by atoms with E-state index in [1.54, 1.807) is 12.5 Å². The van der Waals surface area contributed by atoms with Gasteiger partial charge >= 0.3 is 12.4 Å². The van der Waals surface area contributed by atoms with E-state index >= 15 is 0 Å². The highest BCUT2D eigenvalue weighted by Crippen LogP contribution is 2.31. The number of nitriles is 2. The summed E-state index contributed by atoms with van der Waals surface area (Å²) in [6.45, 7) is 3.05. The number of hydrogen-bond donors (Lipinski definition) is 4. The van der Waals surface area contributed by atoms with E-state index in [1.807, 2.05) is 12.1 Å². The van der Waals surface area contributed by atoms with Crippen molar-refractivity contribution in [1.82, 2.24) is 19.9 Å². The topological polar surface area (TPSA) is 240 Å². The maximum absolute atomic E-state index is 12.8. The first-order valence-corrected chi connectivity index (χ1v) is 20.0. The van der Waals surface area contributed by atoms with Crippen LogP contribution in [0, 0.1) is 22.7 Å². The van der Waals surface area contributed by atoms with Gasteiger partial charge in [0.1, 0.15) is 33.3 Å². The van der Waals surface area contributed by atoms with Crippen LogP contribution in [0.1, 0.15) is 47.2 Å². The van der Waals surface area contributed by atoms with Crippen LogP contribution in [0.5, 0.6) is 0 Å². The second-order valence-corrected chi connectivity index (χ2v) is 14.5. The lowest BCUT2D eigenvalue weighted by Gasteiger charge is -2.16. The molecule has 0 aliphatic rings. The van der Waals surface area contributed by atoms with Crippen LogP contribution in [-0.4, -0.2) is 66.6 Å². The van der Waals surface area contributed by atoms with E-state index in [4.69, 9.17) is 22.5 Å². The summed E-state index contributed by atoms with van der Waals surface area (Å²) in [5.74, 6) is -0.545. The first-order valence-electron chi connectivity index (χ1n) is 16.0. The average molecular weight is 891 g/mol. The number of carbonyl (C=O) groups excluding carboxylic acids is 2. The molecule has 0 aliphatic carbocycles. The van der Waals surface area contributed by atoms with Gasteiger partial charge in [0.05, 0.1) is 34.0 Å². The van der Waals surface area contributed by atoms with Crippen LogP contribution < -0.4 is 22.5 Å². The number of halogens is 7. The highest BCUT2D eigenvalue weighted by Gasteiger charge is 2.31. The monoisotopic (exact) mass is 890 g/mol. The molecule has 0 saturated carbocycles. The molecule has 0 spiro atoms. The number of Topliss-reactive ketones (excluding diaryl/α,β-unsaturated/α-hetero) is 2. The van der Waals surface area contributed by atoms with E-state index in [0.29, 0.717) is 15.6 Å². The Hall–Kier alpha value is -5.00. The number of ketones is 2. The summed E-state index contributed by atoms with van der Waals surface area (Å²) >= 11 is 2.48. The van der Waals surface area contributed by atoms with Crippen molar-refractivity contribution >= 4 is 76.0 Å². The number of alkyl halides is 6. The molecule has 0 amide bonds. The Kier molecular flexibility index (Phi) is 20.1. The van der Waals surface area contributed by atoms with E-state index in [0.717, 1.165) is 24.3 Å². The molecular formula is C35H37ClF6N10O3S3. The Balaban J connectivity index is 0.000000465. The van der Waals surface area contributed by atoms with Gasteiger partial charge in [-0.05, 0) is 49.6 Å². The number of nitrogens with two attached hydrogens (primary N) is 3. The number of carbonyl (C=O) groups is 2. The second-order valence-electron chi connectivity index (χ2n) is 11.6. The van der Waals surface area contributed by atoms with Gasteiger partial charge in [0, 0.05) is 19.1 Å². The molecule has 13 nitrogen and oxygen atoms in total. The van der Waals surface area contributed by atoms with E-state index < -0.39 is 46.4 Å². The zero-order chi connectivity index (χ0) is 43.2. The number of hydrogen-bond acceptors (Lipinski definition) is 15. The van der Waals surface area contributed by atoms with Crippen molar-refractivity contribution in [3.8, 4) is 12.1 Å². The van der Waals surface area contributed by atoms with Crippen LogP contribution in [0.2, 0.25) is 0 Å². The zero-order valence-corrected chi connectivity index (χ0v) is 34.5. The Labute approximate surface area is 346 Å². The number of nitrogens with zero attached hydrogens (tertiary/aromatic N) is 6. The largest absolute Gasteiger partial charge is 0.416 e. The smallest absolute Gasteiger partial charge is 0.368 e. The summed E-state index contributed by atoms with van der Waals surface area (Å²) in [6.07, 6.45) is -4.19. The lowest BCUT2D eigenvalue weighted by atomic mass is 10.0. The van der Waals surface area contributed by atoms with Gasteiger partial charge < -0.3 is 22.5 Å². The number of rotatable bonds is 11. The number of nitrogens with one attached hydrogen (secondary N) is 1. The molecule has 7 N–H and O–H groups in total. The first-order chi connectivity index (χ1) is 26.5. The molecule has 312 valence electrons. The minimum Gasteiger partial charge on any atom is -0.368 e. The number of thioether (sulfide) groups is 2. The lowest BCUT2D eigenvalue weighted by Crippen LogP contribution is -2.29. The molecule has 2 aromatic heterocycles. The molecule has 0 aliphatic heterocycles. The van der Waals surface area contributed by atoms with Crippen LogP contribution in [0.25, 0.3) is 0 Å². The van der Waals surface area contributed by atoms with Gasteiger partial charge in [-0.15, -0.1) is 35.9 Å².